The molecule has 0 bridgehead atoms. The smallest absolute Gasteiger partial charge is 0.248 e. The van der Waals surface area contributed by atoms with E-state index in [9.17, 15) is 4.79 Å². The van der Waals surface area contributed by atoms with Gasteiger partial charge in [-0.2, -0.15) is 5.10 Å². The molecule has 2 aromatic rings. The average Bonchev–Trinajstić information content (AvgIpc) is 2.85. The largest absolute Gasteiger partial charge is 0.322 e. The molecule has 0 fully saturated rings. The first-order chi connectivity index (χ1) is 10.3. The fraction of sp³-hybridized carbons (Fsp3) is 0.375. The predicted molar refractivity (Wildman–Crippen MR) is 91.4 cm³/mol. The second kappa shape index (κ2) is 6.62. The van der Waals surface area contributed by atoms with E-state index in [4.69, 9.17) is 5.73 Å². The SMILES string of the molecule is CC(C)Cn1cc(NC(=O)C(C)(N)c2ccc(Br)cc2)cn1. The molecular formula is C16H21BrN4O. The lowest BCUT2D eigenvalue weighted by Gasteiger charge is -2.23. The molecule has 0 radical (unpaired) electrons. The second-order valence-corrected chi connectivity index (χ2v) is 6.92. The third kappa shape index (κ3) is 3.96. The first-order valence-corrected chi connectivity index (χ1v) is 7.97. The zero-order chi connectivity index (χ0) is 16.3. The minimum Gasteiger partial charge on any atom is -0.322 e. The van der Waals surface area contributed by atoms with Crippen molar-refractivity contribution < 1.29 is 4.79 Å². The van der Waals surface area contributed by atoms with Crippen molar-refractivity contribution in [3.8, 4) is 0 Å². The van der Waals surface area contributed by atoms with E-state index >= 15 is 0 Å². The summed E-state index contributed by atoms with van der Waals surface area (Å²) in [5.41, 5.74) is 6.51. The van der Waals surface area contributed by atoms with Gasteiger partial charge in [0.25, 0.3) is 0 Å². The van der Waals surface area contributed by atoms with E-state index in [1.807, 2.05) is 35.1 Å². The highest BCUT2D eigenvalue weighted by Gasteiger charge is 2.30. The van der Waals surface area contributed by atoms with Crippen molar-refractivity contribution in [2.75, 3.05) is 5.32 Å². The fourth-order valence-electron chi connectivity index (χ4n) is 2.09. The maximum Gasteiger partial charge on any atom is 0.248 e. The van der Waals surface area contributed by atoms with Gasteiger partial charge >= 0.3 is 0 Å². The topological polar surface area (TPSA) is 72.9 Å². The molecule has 2 rings (SSSR count). The van der Waals surface area contributed by atoms with E-state index in [-0.39, 0.29) is 5.91 Å². The molecule has 0 saturated heterocycles. The van der Waals surface area contributed by atoms with Gasteiger partial charge in [-0.05, 0) is 30.5 Å². The van der Waals surface area contributed by atoms with Crippen LogP contribution in [0.3, 0.4) is 0 Å². The summed E-state index contributed by atoms with van der Waals surface area (Å²) in [6, 6.07) is 7.42. The molecule has 5 nitrogen and oxygen atoms in total. The van der Waals surface area contributed by atoms with Gasteiger partial charge in [-0.15, -0.1) is 0 Å². The van der Waals surface area contributed by atoms with Crippen LogP contribution in [0.5, 0.6) is 0 Å². The van der Waals surface area contributed by atoms with Crippen LogP contribution in [0.4, 0.5) is 5.69 Å². The lowest BCUT2D eigenvalue weighted by Crippen LogP contribution is -2.45. The number of halogens is 1. The molecular weight excluding hydrogens is 344 g/mol. The van der Waals surface area contributed by atoms with E-state index in [0.29, 0.717) is 11.6 Å². The first-order valence-electron chi connectivity index (χ1n) is 7.18. The van der Waals surface area contributed by atoms with E-state index in [1.165, 1.54) is 0 Å². The molecule has 6 heteroatoms. The van der Waals surface area contributed by atoms with Crippen LogP contribution in [-0.4, -0.2) is 15.7 Å². The minimum absolute atomic E-state index is 0.265. The van der Waals surface area contributed by atoms with Crippen LogP contribution in [0.2, 0.25) is 0 Å². The van der Waals surface area contributed by atoms with Crippen molar-refractivity contribution in [3.05, 3.63) is 46.7 Å². The molecule has 0 saturated carbocycles. The molecule has 22 heavy (non-hydrogen) atoms. The predicted octanol–water partition coefficient (Wildman–Crippen LogP) is 3.11. The maximum absolute atomic E-state index is 12.5. The van der Waals surface area contributed by atoms with Gasteiger partial charge in [0.1, 0.15) is 5.54 Å². The number of hydrogen-bond donors (Lipinski definition) is 2. The van der Waals surface area contributed by atoms with Crippen molar-refractivity contribution >= 4 is 27.5 Å². The fourth-order valence-corrected chi connectivity index (χ4v) is 2.35. The number of carbonyl (C=O) groups is 1. The Hall–Kier alpha value is -1.66. The van der Waals surface area contributed by atoms with Crippen LogP contribution in [0.25, 0.3) is 0 Å². The standard InChI is InChI=1S/C16H21BrN4O/c1-11(2)9-21-10-14(8-19-21)20-15(22)16(3,18)12-4-6-13(17)7-5-12/h4-8,10-11H,9,18H2,1-3H3,(H,20,22). The summed E-state index contributed by atoms with van der Waals surface area (Å²) in [7, 11) is 0. The Morgan fingerprint density at radius 2 is 2.05 bits per heavy atom. The zero-order valence-electron chi connectivity index (χ0n) is 13.0. The van der Waals surface area contributed by atoms with Crippen molar-refractivity contribution in [3.63, 3.8) is 0 Å². The van der Waals surface area contributed by atoms with Crippen molar-refractivity contribution in [2.24, 2.45) is 11.7 Å². The van der Waals surface area contributed by atoms with Gasteiger partial charge in [-0.1, -0.05) is 41.9 Å². The van der Waals surface area contributed by atoms with Crippen LogP contribution in [0.1, 0.15) is 26.3 Å². The number of amides is 1. The molecule has 1 atom stereocenters. The Morgan fingerprint density at radius 3 is 2.64 bits per heavy atom. The minimum atomic E-state index is -1.11. The highest BCUT2D eigenvalue weighted by Crippen LogP contribution is 2.22. The Balaban J connectivity index is 2.10. The third-order valence-corrected chi connectivity index (χ3v) is 3.89. The van der Waals surface area contributed by atoms with E-state index in [2.05, 4.69) is 40.2 Å². The van der Waals surface area contributed by atoms with Gasteiger partial charge < -0.3 is 11.1 Å². The number of rotatable bonds is 5. The molecule has 0 aliphatic carbocycles. The Bertz CT molecular complexity index is 646. The number of nitrogens with two attached hydrogens (primary N) is 1. The summed E-state index contributed by atoms with van der Waals surface area (Å²) in [6.07, 6.45) is 3.45. The van der Waals surface area contributed by atoms with Crippen LogP contribution >= 0.6 is 15.9 Å². The Morgan fingerprint density at radius 1 is 1.41 bits per heavy atom. The van der Waals surface area contributed by atoms with Crippen LogP contribution < -0.4 is 11.1 Å². The summed E-state index contributed by atoms with van der Waals surface area (Å²) in [4.78, 5) is 12.5. The number of carbonyl (C=O) groups excluding carboxylic acids is 1. The molecule has 1 amide bonds. The summed E-state index contributed by atoms with van der Waals surface area (Å²) in [5.74, 6) is 0.227. The molecule has 1 aromatic carbocycles. The lowest BCUT2D eigenvalue weighted by molar-refractivity contribution is -0.120. The summed E-state index contributed by atoms with van der Waals surface area (Å²) < 4.78 is 2.76. The molecule has 1 unspecified atom stereocenters. The molecule has 1 aromatic heterocycles. The maximum atomic E-state index is 12.5. The molecule has 0 spiro atoms. The molecule has 3 N–H and O–H groups in total. The molecule has 0 aliphatic rings. The lowest BCUT2D eigenvalue weighted by atomic mass is 9.92. The van der Waals surface area contributed by atoms with Gasteiger partial charge in [0.15, 0.2) is 0 Å². The number of nitrogens with one attached hydrogen (secondary N) is 1. The number of benzene rings is 1. The van der Waals surface area contributed by atoms with Gasteiger partial charge in [0.2, 0.25) is 5.91 Å². The van der Waals surface area contributed by atoms with Crippen molar-refractivity contribution in [1.82, 2.24) is 9.78 Å². The van der Waals surface area contributed by atoms with E-state index in [0.717, 1.165) is 16.6 Å². The Kier molecular flexibility index (Phi) is 5.03. The number of anilines is 1. The summed E-state index contributed by atoms with van der Waals surface area (Å²) >= 11 is 3.37. The van der Waals surface area contributed by atoms with Gasteiger partial charge in [-0.25, -0.2) is 0 Å². The third-order valence-electron chi connectivity index (χ3n) is 3.36. The van der Waals surface area contributed by atoms with E-state index < -0.39 is 5.54 Å². The van der Waals surface area contributed by atoms with Gasteiger partial charge in [0, 0.05) is 17.2 Å². The molecule has 118 valence electrons. The number of nitrogens with zero attached hydrogens (tertiary/aromatic N) is 2. The van der Waals surface area contributed by atoms with Crippen LogP contribution in [0, 0.1) is 5.92 Å². The van der Waals surface area contributed by atoms with Gasteiger partial charge in [-0.3, -0.25) is 9.48 Å². The number of hydrogen-bond acceptors (Lipinski definition) is 3. The summed E-state index contributed by atoms with van der Waals surface area (Å²) in [6.45, 7) is 6.74. The first kappa shape index (κ1) is 16.7. The summed E-state index contributed by atoms with van der Waals surface area (Å²) in [5, 5.41) is 7.06. The number of aromatic nitrogens is 2. The van der Waals surface area contributed by atoms with E-state index in [1.54, 1.807) is 13.1 Å². The quantitative estimate of drug-likeness (QED) is 0.855. The zero-order valence-corrected chi connectivity index (χ0v) is 14.6. The molecule has 1 heterocycles. The van der Waals surface area contributed by atoms with Crippen molar-refractivity contribution in [1.29, 1.82) is 0 Å². The highest BCUT2D eigenvalue weighted by atomic mass is 79.9. The second-order valence-electron chi connectivity index (χ2n) is 6.01. The highest BCUT2D eigenvalue weighted by molar-refractivity contribution is 9.10. The monoisotopic (exact) mass is 364 g/mol. The van der Waals surface area contributed by atoms with Crippen LogP contribution in [0.15, 0.2) is 41.1 Å². The normalized spacial score (nSPS) is 13.9. The average molecular weight is 365 g/mol. The Labute approximate surface area is 139 Å². The van der Waals surface area contributed by atoms with Crippen molar-refractivity contribution in [2.45, 2.75) is 32.9 Å². The molecule has 0 aliphatic heterocycles. The van der Waals surface area contributed by atoms with Gasteiger partial charge in [0.05, 0.1) is 11.9 Å². The van der Waals surface area contributed by atoms with Crippen LogP contribution in [-0.2, 0) is 16.9 Å².